The van der Waals surface area contributed by atoms with Gasteiger partial charge in [-0.2, -0.15) is 0 Å². The van der Waals surface area contributed by atoms with E-state index >= 15 is 0 Å². The van der Waals surface area contributed by atoms with E-state index in [0.717, 1.165) is 25.7 Å². The molecule has 0 aliphatic heterocycles. The van der Waals surface area contributed by atoms with Crippen LogP contribution in [0.1, 0.15) is 59.8 Å². The number of hydrogen-bond donors (Lipinski definition) is 2. The van der Waals surface area contributed by atoms with Crippen molar-refractivity contribution in [1.29, 1.82) is 0 Å². The van der Waals surface area contributed by atoms with Crippen molar-refractivity contribution in [1.82, 2.24) is 5.32 Å². The Morgan fingerprint density at radius 3 is 2.47 bits per heavy atom. The maximum Gasteiger partial charge on any atom is 0.408 e. The second-order valence-electron chi connectivity index (χ2n) is 6.34. The summed E-state index contributed by atoms with van der Waals surface area (Å²) in [4.78, 5) is 23.6. The highest BCUT2D eigenvalue weighted by Gasteiger charge is 2.44. The molecule has 1 fully saturated rings. The van der Waals surface area contributed by atoms with Crippen molar-refractivity contribution in [3.63, 3.8) is 0 Å². The van der Waals surface area contributed by atoms with Gasteiger partial charge < -0.3 is 15.8 Å². The first-order valence-corrected chi connectivity index (χ1v) is 7.00. The molecule has 0 bridgehead atoms. The summed E-state index contributed by atoms with van der Waals surface area (Å²) in [6.45, 7) is 7.42. The average molecular weight is 270 g/mol. The number of ether oxygens (including phenoxy) is 1. The van der Waals surface area contributed by atoms with Gasteiger partial charge in [0.05, 0.1) is 11.5 Å². The highest BCUT2D eigenvalue weighted by molar-refractivity contribution is 5.80. The predicted molar refractivity (Wildman–Crippen MR) is 73.5 cm³/mol. The van der Waals surface area contributed by atoms with Crippen LogP contribution in [0.25, 0.3) is 0 Å². The summed E-state index contributed by atoms with van der Waals surface area (Å²) in [6.07, 6.45) is 3.69. The molecule has 0 aromatic heterocycles. The van der Waals surface area contributed by atoms with Crippen LogP contribution < -0.4 is 11.1 Å². The Bertz CT molecular complexity index is 349. The monoisotopic (exact) mass is 270 g/mol. The second-order valence-corrected chi connectivity index (χ2v) is 6.34. The number of nitrogens with two attached hydrogens (primary N) is 1. The lowest BCUT2D eigenvalue weighted by Crippen LogP contribution is -2.59. The van der Waals surface area contributed by atoms with Crippen LogP contribution in [-0.4, -0.2) is 23.1 Å². The molecule has 3 N–H and O–H groups in total. The molecule has 1 aliphatic rings. The van der Waals surface area contributed by atoms with Crippen molar-refractivity contribution >= 4 is 12.0 Å². The molecular weight excluding hydrogens is 244 g/mol. The second kappa shape index (κ2) is 5.80. The Labute approximate surface area is 115 Å². The van der Waals surface area contributed by atoms with E-state index in [1.807, 2.05) is 27.7 Å². The summed E-state index contributed by atoms with van der Waals surface area (Å²) in [6, 6.07) is 0. The summed E-state index contributed by atoms with van der Waals surface area (Å²) in [5.41, 5.74) is 4.40. The Balaban J connectivity index is 2.83. The van der Waals surface area contributed by atoms with Crippen molar-refractivity contribution in [2.45, 2.75) is 70.9 Å². The molecule has 2 atom stereocenters. The zero-order valence-electron chi connectivity index (χ0n) is 12.4. The van der Waals surface area contributed by atoms with E-state index in [2.05, 4.69) is 5.32 Å². The number of alkyl carbamates (subject to hydrolysis) is 1. The van der Waals surface area contributed by atoms with E-state index in [-0.39, 0.29) is 11.8 Å². The molecule has 2 amide bonds. The summed E-state index contributed by atoms with van der Waals surface area (Å²) >= 11 is 0. The van der Waals surface area contributed by atoms with Gasteiger partial charge in [0, 0.05) is 0 Å². The van der Waals surface area contributed by atoms with Gasteiger partial charge in [-0.05, 0) is 40.0 Å². The molecule has 19 heavy (non-hydrogen) atoms. The third-order valence-corrected chi connectivity index (χ3v) is 3.76. The fourth-order valence-corrected chi connectivity index (χ4v) is 2.82. The van der Waals surface area contributed by atoms with Crippen LogP contribution in [0.15, 0.2) is 0 Å². The number of nitrogens with one attached hydrogen (secondary N) is 1. The molecule has 1 rings (SSSR count). The fraction of sp³-hybridized carbons (Fsp3) is 0.857. The van der Waals surface area contributed by atoms with Gasteiger partial charge in [0.2, 0.25) is 5.91 Å². The molecule has 5 heteroatoms. The van der Waals surface area contributed by atoms with Gasteiger partial charge in [-0.1, -0.05) is 19.8 Å². The van der Waals surface area contributed by atoms with Crippen LogP contribution in [0.4, 0.5) is 4.79 Å². The standard InChI is InChI=1S/C14H26N2O3/c1-5-14(16-12(18)19-13(2,3)4)9-7-6-8-10(14)11(15)17/h10H,5-9H2,1-4H3,(H2,15,17)(H,16,18). The lowest BCUT2D eigenvalue weighted by Gasteiger charge is -2.42. The van der Waals surface area contributed by atoms with Crippen LogP contribution in [0.3, 0.4) is 0 Å². The topological polar surface area (TPSA) is 81.4 Å². The van der Waals surface area contributed by atoms with Gasteiger partial charge in [-0.3, -0.25) is 4.79 Å². The minimum atomic E-state index is -0.549. The quantitative estimate of drug-likeness (QED) is 0.825. The van der Waals surface area contributed by atoms with E-state index in [9.17, 15) is 9.59 Å². The first kappa shape index (κ1) is 15.8. The third-order valence-electron chi connectivity index (χ3n) is 3.76. The maximum atomic E-state index is 12.0. The third kappa shape index (κ3) is 4.11. The van der Waals surface area contributed by atoms with E-state index in [1.165, 1.54) is 0 Å². The smallest absolute Gasteiger partial charge is 0.408 e. The van der Waals surface area contributed by atoms with Crippen molar-refractivity contribution in [3.8, 4) is 0 Å². The van der Waals surface area contributed by atoms with Crippen molar-refractivity contribution in [2.24, 2.45) is 11.7 Å². The Kier molecular flexibility index (Phi) is 4.82. The maximum absolute atomic E-state index is 12.0. The minimum absolute atomic E-state index is 0.307. The highest BCUT2D eigenvalue weighted by Crippen LogP contribution is 2.36. The lowest BCUT2D eigenvalue weighted by molar-refractivity contribution is -0.125. The van der Waals surface area contributed by atoms with E-state index in [4.69, 9.17) is 10.5 Å². The number of hydrogen-bond acceptors (Lipinski definition) is 3. The van der Waals surface area contributed by atoms with Gasteiger partial charge in [0.25, 0.3) is 0 Å². The number of amides is 2. The number of primary amides is 1. The summed E-state index contributed by atoms with van der Waals surface area (Å²) in [7, 11) is 0. The molecule has 110 valence electrons. The van der Waals surface area contributed by atoms with Gasteiger partial charge in [-0.25, -0.2) is 4.79 Å². The van der Waals surface area contributed by atoms with Crippen LogP contribution >= 0.6 is 0 Å². The number of carbonyl (C=O) groups is 2. The molecule has 2 unspecified atom stereocenters. The van der Waals surface area contributed by atoms with Gasteiger partial charge in [-0.15, -0.1) is 0 Å². The minimum Gasteiger partial charge on any atom is -0.444 e. The molecule has 0 saturated heterocycles. The number of rotatable bonds is 3. The Morgan fingerprint density at radius 2 is 2.00 bits per heavy atom. The van der Waals surface area contributed by atoms with Crippen LogP contribution in [0.2, 0.25) is 0 Å². The first-order valence-electron chi connectivity index (χ1n) is 7.00. The molecule has 0 aromatic carbocycles. The number of carbonyl (C=O) groups excluding carboxylic acids is 2. The molecule has 5 nitrogen and oxygen atoms in total. The zero-order valence-corrected chi connectivity index (χ0v) is 12.4. The Morgan fingerprint density at radius 1 is 1.37 bits per heavy atom. The summed E-state index contributed by atoms with van der Waals surface area (Å²) in [5, 5.41) is 2.91. The summed E-state index contributed by atoms with van der Waals surface area (Å²) < 4.78 is 5.29. The largest absolute Gasteiger partial charge is 0.444 e. The molecule has 0 heterocycles. The molecule has 1 aliphatic carbocycles. The lowest BCUT2D eigenvalue weighted by atomic mass is 9.71. The molecular formula is C14H26N2O3. The van der Waals surface area contributed by atoms with Crippen LogP contribution in [-0.2, 0) is 9.53 Å². The SMILES string of the molecule is CCC1(NC(=O)OC(C)(C)C)CCCCC1C(N)=O. The first-order chi connectivity index (χ1) is 8.70. The van der Waals surface area contributed by atoms with Crippen molar-refractivity contribution in [3.05, 3.63) is 0 Å². The molecule has 0 aromatic rings. The Hall–Kier alpha value is -1.26. The van der Waals surface area contributed by atoms with Gasteiger partial charge in [0.15, 0.2) is 0 Å². The van der Waals surface area contributed by atoms with Crippen molar-refractivity contribution < 1.29 is 14.3 Å². The van der Waals surface area contributed by atoms with Crippen LogP contribution in [0.5, 0.6) is 0 Å². The predicted octanol–water partition coefficient (Wildman–Crippen LogP) is 2.34. The normalized spacial score (nSPS) is 27.7. The molecule has 0 radical (unpaired) electrons. The van der Waals surface area contributed by atoms with Gasteiger partial charge >= 0.3 is 6.09 Å². The highest BCUT2D eigenvalue weighted by atomic mass is 16.6. The molecule has 0 spiro atoms. The van der Waals surface area contributed by atoms with E-state index in [1.54, 1.807) is 0 Å². The van der Waals surface area contributed by atoms with E-state index < -0.39 is 17.2 Å². The van der Waals surface area contributed by atoms with E-state index in [0.29, 0.717) is 6.42 Å². The van der Waals surface area contributed by atoms with Crippen LogP contribution in [0, 0.1) is 5.92 Å². The summed E-state index contributed by atoms with van der Waals surface area (Å²) in [5.74, 6) is -0.642. The van der Waals surface area contributed by atoms with Crippen molar-refractivity contribution in [2.75, 3.05) is 0 Å². The fourth-order valence-electron chi connectivity index (χ4n) is 2.82. The average Bonchev–Trinajstić information content (AvgIpc) is 2.26. The van der Waals surface area contributed by atoms with Gasteiger partial charge in [0.1, 0.15) is 5.60 Å². The molecule has 1 saturated carbocycles. The zero-order chi connectivity index (χ0) is 14.7.